The Balaban J connectivity index is 1.56. The number of aromatic nitrogens is 1. The van der Waals surface area contributed by atoms with Crippen LogP contribution in [0.3, 0.4) is 0 Å². The maximum absolute atomic E-state index is 12.5. The number of amides is 2. The highest BCUT2D eigenvalue weighted by molar-refractivity contribution is 5.80. The zero-order valence-corrected chi connectivity index (χ0v) is 13.5. The van der Waals surface area contributed by atoms with Crippen LogP contribution in [0.4, 0.5) is 0 Å². The van der Waals surface area contributed by atoms with Crippen molar-refractivity contribution in [3.63, 3.8) is 0 Å². The van der Waals surface area contributed by atoms with Crippen molar-refractivity contribution in [3.05, 3.63) is 17.5 Å². The minimum Gasteiger partial charge on any atom is -0.369 e. The number of likely N-dealkylation sites (tertiary alicyclic amines) is 2. The molecule has 1 atom stereocenters. The molecule has 1 aromatic heterocycles. The summed E-state index contributed by atoms with van der Waals surface area (Å²) in [5.74, 6) is 0.629. The van der Waals surface area contributed by atoms with E-state index >= 15 is 0 Å². The molecule has 0 aromatic carbocycles. The molecule has 0 spiro atoms. The van der Waals surface area contributed by atoms with Crippen molar-refractivity contribution in [3.8, 4) is 0 Å². The maximum atomic E-state index is 12.5. The molecule has 2 fully saturated rings. The van der Waals surface area contributed by atoms with Crippen LogP contribution in [0, 0.1) is 12.8 Å². The van der Waals surface area contributed by atoms with Gasteiger partial charge in [-0.1, -0.05) is 5.16 Å². The first-order chi connectivity index (χ1) is 11.0. The van der Waals surface area contributed by atoms with Crippen LogP contribution in [-0.4, -0.2) is 52.9 Å². The molecule has 0 saturated carbocycles. The largest absolute Gasteiger partial charge is 0.369 e. The molecule has 0 bridgehead atoms. The number of primary amides is 1. The number of hydrogen-bond donors (Lipinski definition) is 1. The average molecular weight is 320 g/mol. The number of hydrogen-bond acceptors (Lipinski definition) is 5. The Labute approximate surface area is 135 Å². The minimum absolute atomic E-state index is 0.0873. The molecule has 0 radical (unpaired) electrons. The van der Waals surface area contributed by atoms with Crippen LogP contribution in [0.1, 0.15) is 43.2 Å². The lowest BCUT2D eigenvalue weighted by atomic mass is 9.96. The van der Waals surface area contributed by atoms with E-state index in [-0.39, 0.29) is 23.8 Å². The summed E-state index contributed by atoms with van der Waals surface area (Å²) < 4.78 is 5.38. The lowest BCUT2D eigenvalue weighted by Gasteiger charge is -2.32. The summed E-state index contributed by atoms with van der Waals surface area (Å²) in [5.41, 5.74) is 6.21. The summed E-state index contributed by atoms with van der Waals surface area (Å²) in [4.78, 5) is 27.8. The average Bonchev–Trinajstić information content (AvgIpc) is 3.16. The Morgan fingerprint density at radius 3 is 2.65 bits per heavy atom. The molecule has 2 N–H and O–H groups in total. The maximum Gasteiger partial charge on any atom is 0.236 e. The fraction of sp³-hybridized carbons (Fsp3) is 0.688. The Hall–Kier alpha value is -1.89. The van der Waals surface area contributed by atoms with Crippen LogP contribution < -0.4 is 5.73 Å². The van der Waals surface area contributed by atoms with Gasteiger partial charge in [-0.2, -0.15) is 0 Å². The molecule has 2 saturated heterocycles. The fourth-order valence-corrected chi connectivity index (χ4v) is 3.57. The van der Waals surface area contributed by atoms with Crippen molar-refractivity contribution in [2.24, 2.45) is 11.7 Å². The Morgan fingerprint density at radius 1 is 1.30 bits per heavy atom. The van der Waals surface area contributed by atoms with Crippen molar-refractivity contribution in [2.45, 2.75) is 38.6 Å². The standard InChI is InChI=1S/C16H24N4O3/c1-11-9-14(23-18-11)13-3-2-6-20(13)10-15(21)19-7-4-12(5-8-19)16(17)22/h9,12-13H,2-8,10H2,1H3,(H2,17,22). The van der Waals surface area contributed by atoms with Crippen LogP contribution in [0.25, 0.3) is 0 Å². The van der Waals surface area contributed by atoms with E-state index in [2.05, 4.69) is 10.1 Å². The molecular weight excluding hydrogens is 296 g/mol. The number of carbonyl (C=O) groups excluding carboxylic acids is 2. The summed E-state index contributed by atoms with van der Waals surface area (Å²) in [6.07, 6.45) is 3.39. The van der Waals surface area contributed by atoms with Gasteiger partial charge in [0.05, 0.1) is 18.3 Å². The molecule has 1 unspecified atom stereocenters. The van der Waals surface area contributed by atoms with E-state index in [0.29, 0.717) is 32.5 Å². The molecule has 2 amide bonds. The Kier molecular flexibility index (Phi) is 4.66. The summed E-state index contributed by atoms with van der Waals surface area (Å²) in [6, 6.07) is 2.09. The van der Waals surface area contributed by atoms with E-state index in [1.807, 2.05) is 17.9 Å². The van der Waals surface area contributed by atoms with Crippen molar-refractivity contribution in [2.75, 3.05) is 26.2 Å². The van der Waals surface area contributed by atoms with Gasteiger partial charge in [-0.05, 0) is 39.2 Å². The second kappa shape index (κ2) is 6.70. The molecule has 2 aliphatic heterocycles. The molecule has 3 rings (SSSR count). The predicted molar refractivity (Wildman–Crippen MR) is 83.3 cm³/mol. The predicted octanol–water partition coefficient (Wildman–Crippen LogP) is 0.844. The van der Waals surface area contributed by atoms with Gasteiger partial charge in [-0.3, -0.25) is 14.5 Å². The van der Waals surface area contributed by atoms with Crippen LogP contribution in [0.5, 0.6) is 0 Å². The number of carbonyl (C=O) groups is 2. The number of aryl methyl sites for hydroxylation is 1. The summed E-state index contributed by atoms with van der Waals surface area (Å²) >= 11 is 0. The minimum atomic E-state index is -0.252. The van der Waals surface area contributed by atoms with E-state index in [1.54, 1.807) is 0 Å². The third-order valence-corrected chi connectivity index (χ3v) is 4.93. The van der Waals surface area contributed by atoms with Gasteiger partial charge in [0, 0.05) is 25.1 Å². The van der Waals surface area contributed by atoms with Crippen LogP contribution in [0.2, 0.25) is 0 Å². The highest BCUT2D eigenvalue weighted by atomic mass is 16.5. The van der Waals surface area contributed by atoms with Crippen molar-refractivity contribution in [1.82, 2.24) is 15.0 Å². The van der Waals surface area contributed by atoms with Crippen LogP contribution >= 0.6 is 0 Å². The first-order valence-electron chi connectivity index (χ1n) is 8.29. The van der Waals surface area contributed by atoms with E-state index in [9.17, 15) is 9.59 Å². The molecule has 1 aromatic rings. The smallest absolute Gasteiger partial charge is 0.236 e. The highest BCUT2D eigenvalue weighted by Crippen LogP contribution is 2.32. The molecule has 0 aliphatic carbocycles. The molecule has 2 aliphatic rings. The van der Waals surface area contributed by atoms with Crippen LogP contribution in [0.15, 0.2) is 10.6 Å². The van der Waals surface area contributed by atoms with Gasteiger partial charge in [-0.15, -0.1) is 0 Å². The number of nitrogens with two attached hydrogens (primary N) is 1. The molecule has 7 heteroatoms. The zero-order valence-electron chi connectivity index (χ0n) is 13.5. The van der Waals surface area contributed by atoms with E-state index in [0.717, 1.165) is 30.8 Å². The summed E-state index contributed by atoms with van der Waals surface area (Å²) in [6.45, 7) is 4.43. The number of rotatable bonds is 4. The van der Waals surface area contributed by atoms with Gasteiger partial charge >= 0.3 is 0 Å². The van der Waals surface area contributed by atoms with E-state index in [1.165, 1.54) is 0 Å². The quantitative estimate of drug-likeness (QED) is 0.887. The SMILES string of the molecule is Cc1cc(C2CCCN2CC(=O)N2CCC(C(N)=O)CC2)on1. The summed E-state index contributed by atoms with van der Waals surface area (Å²) in [7, 11) is 0. The Morgan fingerprint density at radius 2 is 2.04 bits per heavy atom. The Bertz CT molecular complexity index is 578. The van der Waals surface area contributed by atoms with Gasteiger partial charge in [-0.25, -0.2) is 0 Å². The lowest BCUT2D eigenvalue weighted by Crippen LogP contribution is -2.45. The normalized spacial score (nSPS) is 23.3. The molecule has 3 heterocycles. The first kappa shape index (κ1) is 16.0. The van der Waals surface area contributed by atoms with Crippen molar-refractivity contribution < 1.29 is 14.1 Å². The van der Waals surface area contributed by atoms with Gasteiger partial charge in [0.2, 0.25) is 11.8 Å². The number of piperidine rings is 1. The third-order valence-electron chi connectivity index (χ3n) is 4.93. The first-order valence-corrected chi connectivity index (χ1v) is 8.29. The topological polar surface area (TPSA) is 92.7 Å². The van der Waals surface area contributed by atoms with Crippen molar-refractivity contribution >= 4 is 11.8 Å². The third kappa shape index (κ3) is 3.55. The van der Waals surface area contributed by atoms with Gasteiger partial charge < -0.3 is 15.2 Å². The monoisotopic (exact) mass is 320 g/mol. The second-order valence-corrected chi connectivity index (χ2v) is 6.56. The van der Waals surface area contributed by atoms with Gasteiger partial charge in [0.1, 0.15) is 0 Å². The molecule has 7 nitrogen and oxygen atoms in total. The molecule has 23 heavy (non-hydrogen) atoms. The fourth-order valence-electron chi connectivity index (χ4n) is 3.57. The molecular formula is C16H24N4O3. The lowest BCUT2D eigenvalue weighted by molar-refractivity contribution is -0.136. The van der Waals surface area contributed by atoms with Gasteiger partial charge in [0.25, 0.3) is 0 Å². The van der Waals surface area contributed by atoms with Crippen LogP contribution in [-0.2, 0) is 9.59 Å². The zero-order chi connectivity index (χ0) is 16.4. The van der Waals surface area contributed by atoms with Crippen molar-refractivity contribution in [1.29, 1.82) is 0 Å². The van der Waals surface area contributed by atoms with E-state index in [4.69, 9.17) is 10.3 Å². The highest BCUT2D eigenvalue weighted by Gasteiger charge is 2.33. The second-order valence-electron chi connectivity index (χ2n) is 6.56. The summed E-state index contributed by atoms with van der Waals surface area (Å²) in [5, 5.41) is 3.95. The van der Waals surface area contributed by atoms with E-state index < -0.39 is 0 Å². The van der Waals surface area contributed by atoms with Gasteiger partial charge in [0.15, 0.2) is 5.76 Å². The number of nitrogens with zero attached hydrogens (tertiary/aromatic N) is 3. The molecule has 126 valence electrons.